The second kappa shape index (κ2) is 6.06. The second-order valence-electron chi connectivity index (χ2n) is 7.23. The topological polar surface area (TPSA) is 3.24 Å². The van der Waals surface area contributed by atoms with E-state index < -0.39 is 0 Å². The van der Waals surface area contributed by atoms with Crippen molar-refractivity contribution in [3.8, 4) is 0 Å². The number of nitrogens with zero attached hydrogens (tertiary/aromatic N) is 1. The maximum absolute atomic E-state index is 3.70. The minimum atomic E-state index is 0.396. The molecule has 0 spiro atoms. The summed E-state index contributed by atoms with van der Waals surface area (Å²) in [5.41, 5.74) is 0.396. The lowest BCUT2D eigenvalue weighted by Crippen LogP contribution is -2.49. The van der Waals surface area contributed by atoms with E-state index in [0.717, 1.165) is 29.1 Å². The summed E-state index contributed by atoms with van der Waals surface area (Å²) in [4.78, 5) is 2.72. The second-order valence-corrected chi connectivity index (χ2v) is 7.88. The number of halogens is 1. The number of rotatable bonds is 3. The van der Waals surface area contributed by atoms with Crippen LogP contribution in [0.5, 0.6) is 0 Å². The van der Waals surface area contributed by atoms with Crippen LogP contribution in [0.3, 0.4) is 0 Å². The highest BCUT2D eigenvalue weighted by Gasteiger charge is 2.33. The van der Waals surface area contributed by atoms with E-state index in [1.807, 2.05) is 0 Å². The van der Waals surface area contributed by atoms with Gasteiger partial charge in [0, 0.05) is 24.5 Å². The molecule has 0 aromatic heterocycles. The molecule has 0 saturated carbocycles. The summed E-state index contributed by atoms with van der Waals surface area (Å²) in [5.74, 6) is 2.44. The van der Waals surface area contributed by atoms with Crippen LogP contribution in [-0.2, 0) is 0 Å². The van der Waals surface area contributed by atoms with E-state index in [-0.39, 0.29) is 0 Å². The highest BCUT2D eigenvalue weighted by atomic mass is 79.9. The lowest BCUT2D eigenvalue weighted by molar-refractivity contribution is 0.0492. The van der Waals surface area contributed by atoms with Crippen LogP contribution < -0.4 is 0 Å². The van der Waals surface area contributed by atoms with E-state index in [1.165, 1.54) is 19.5 Å². The molecule has 4 unspecified atom stereocenters. The summed E-state index contributed by atoms with van der Waals surface area (Å²) >= 11 is 3.70. The number of alkyl halides is 1. The van der Waals surface area contributed by atoms with E-state index in [0.29, 0.717) is 5.41 Å². The molecule has 1 aliphatic heterocycles. The lowest BCUT2D eigenvalue weighted by atomic mass is 9.79. The Morgan fingerprint density at radius 1 is 1.24 bits per heavy atom. The van der Waals surface area contributed by atoms with Gasteiger partial charge in [-0.15, -0.1) is 0 Å². The lowest BCUT2D eigenvalue weighted by Gasteiger charge is -2.44. The standard InChI is InChI=1S/C15H30BrN/c1-11-7-12(2)13(3)17(9-11)10-14(8-16)15(4,5)6/h11-14H,7-10H2,1-6H3. The van der Waals surface area contributed by atoms with Crippen molar-refractivity contribution in [3.05, 3.63) is 0 Å². The molecule has 1 saturated heterocycles. The molecule has 2 heteroatoms. The van der Waals surface area contributed by atoms with E-state index >= 15 is 0 Å². The first-order valence-electron chi connectivity index (χ1n) is 7.05. The highest BCUT2D eigenvalue weighted by Crippen LogP contribution is 2.32. The zero-order valence-electron chi connectivity index (χ0n) is 12.5. The first-order valence-corrected chi connectivity index (χ1v) is 8.17. The van der Waals surface area contributed by atoms with Gasteiger partial charge in [0.1, 0.15) is 0 Å². The Balaban J connectivity index is 2.65. The molecular formula is C15H30BrN. The zero-order valence-corrected chi connectivity index (χ0v) is 14.0. The average Bonchev–Trinajstić information content (AvgIpc) is 2.19. The normalized spacial score (nSPS) is 33.7. The average molecular weight is 304 g/mol. The molecule has 1 fully saturated rings. The van der Waals surface area contributed by atoms with Gasteiger partial charge in [-0.25, -0.2) is 0 Å². The van der Waals surface area contributed by atoms with Gasteiger partial charge >= 0.3 is 0 Å². The van der Waals surface area contributed by atoms with E-state index in [9.17, 15) is 0 Å². The van der Waals surface area contributed by atoms with Crippen LogP contribution >= 0.6 is 15.9 Å². The maximum Gasteiger partial charge on any atom is 0.00929 e. The van der Waals surface area contributed by atoms with Crippen molar-refractivity contribution in [3.63, 3.8) is 0 Å². The molecule has 0 N–H and O–H groups in total. The van der Waals surface area contributed by atoms with Crippen molar-refractivity contribution in [1.29, 1.82) is 0 Å². The molecule has 0 bridgehead atoms. The first kappa shape index (κ1) is 15.5. The summed E-state index contributed by atoms with van der Waals surface area (Å²) in [7, 11) is 0. The van der Waals surface area contributed by atoms with Gasteiger partial charge < -0.3 is 0 Å². The fraction of sp³-hybridized carbons (Fsp3) is 1.00. The third kappa shape index (κ3) is 4.24. The van der Waals surface area contributed by atoms with Gasteiger partial charge in [-0.3, -0.25) is 4.90 Å². The van der Waals surface area contributed by atoms with Gasteiger partial charge in [-0.1, -0.05) is 50.5 Å². The molecule has 0 aromatic rings. The smallest absolute Gasteiger partial charge is 0.00929 e. The van der Waals surface area contributed by atoms with Crippen molar-refractivity contribution in [2.75, 3.05) is 18.4 Å². The molecule has 0 aromatic carbocycles. The molecule has 4 atom stereocenters. The van der Waals surface area contributed by atoms with Crippen LogP contribution in [0, 0.1) is 23.2 Å². The fourth-order valence-corrected chi connectivity index (χ4v) is 4.09. The summed E-state index contributed by atoms with van der Waals surface area (Å²) in [6.07, 6.45) is 1.40. The number of hydrogen-bond acceptors (Lipinski definition) is 1. The van der Waals surface area contributed by atoms with E-state index in [2.05, 4.69) is 62.4 Å². The molecule has 17 heavy (non-hydrogen) atoms. The van der Waals surface area contributed by atoms with Crippen molar-refractivity contribution < 1.29 is 0 Å². The van der Waals surface area contributed by atoms with Crippen LogP contribution in [0.2, 0.25) is 0 Å². The van der Waals surface area contributed by atoms with Crippen LogP contribution in [0.4, 0.5) is 0 Å². The monoisotopic (exact) mass is 303 g/mol. The zero-order chi connectivity index (χ0) is 13.2. The molecule has 1 aliphatic rings. The van der Waals surface area contributed by atoms with Gasteiger partial charge in [-0.2, -0.15) is 0 Å². The van der Waals surface area contributed by atoms with Gasteiger partial charge in [0.25, 0.3) is 0 Å². The Labute approximate surface area is 116 Å². The number of likely N-dealkylation sites (tertiary alicyclic amines) is 1. The largest absolute Gasteiger partial charge is 0.300 e. The Bertz CT molecular complexity index is 234. The Morgan fingerprint density at radius 2 is 1.82 bits per heavy atom. The van der Waals surface area contributed by atoms with Gasteiger partial charge in [-0.05, 0) is 36.5 Å². The van der Waals surface area contributed by atoms with E-state index in [1.54, 1.807) is 0 Å². The van der Waals surface area contributed by atoms with E-state index in [4.69, 9.17) is 0 Å². The molecule has 102 valence electrons. The van der Waals surface area contributed by atoms with Gasteiger partial charge in [0.2, 0.25) is 0 Å². The van der Waals surface area contributed by atoms with Crippen LogP contribution in [-0.4, -0.2) is 29.4 Å². The van der Waals surface area contributed by atoms with Crippen LogP contribution in [0.15, 0.2) is 0 Å². The quantitative estimate of drug-likeness (QED) is 0.698. The summed E-state index contributed by atoms with van der Waals surface area (Å²) in [6.45, 7) is 16.8. The highest BCUT2D eigenvalue weighted by molar-refractivity contribution is 9.09. The molecule has 1 rings (SSSR count). The Morgan fingerprint density at radius 3 is 2.29 bits per heavy atom. The van der Waals surface area contributed by atoms with Crippen molar-refractivity contribution >= 4 is 15.9 Å². The predicted molar refractivity (Wildman–Crippen MR) is 80.7 cm³/mol. The van der Waals surface area contributed by atoms with Crippen LogP contribution in [0.25, 0.3) is 0 Å². The molecule has 1 heterocycles. The minimum absolute atomic E-state index is 0.396. The van der Waals surface area contributed by atoms with Crippen LogP contribution in [0.1, 0.15) is 48.0 Å². The first-order chi connectivity index (χ1) is 7.75. The SMILES string of the molecule is CC1CC(C)C(C)N(CC(CBr)C(C)(C)C)C1. The Kier molecular flexibility index (Phi) is 5.52. The van der Waals surface area contributed by atoms with Gasteiger partial charge in [0.15, 0.2) is 0 Å². The third-order valence-corrected chi connectivity index (χ3v) is 5.37. The molecule has 0 aliphatic carbocycles. The van der Waals surface area contributed by atoms with Gasteiger partial charge in [0.05, 0.1) is 0 Å². The molecular weight excluding hydrogens is 274 g/mol. The molecule has 0 radical (unpaired) electrons. The Hall–Kier alpha value is 0.440. The summed E-state index contributed by atoms with van der Waals surface area (Å²) < 4.78 is 0. The fourth-order valence-electron chi connectivity index (χ4n) is 2.91. The number of piperidine rings is 1. The molecule has 0 amide bonds. The van der Waals surface area contributed by atoms with Crippen molar-refractivity contribution in [2.24, 2.45) is 23.2 Å². The maximum atomic E-state index is 3.70. The molecule has 1 nitrogen and oxygen atoms in total. The number of hydrogen-bond donors (Lipinski definition) is 0. The van der Waals surface area contributed by atoms with Crippen molar-refractivity contribution in [1.82, 2.24) is 4.90 Å². The van der Waals surface area contributed by atoms with Crippen molar-refractivity contribution in [2.45, 2.75) is 54.0 Å². The third-order valence-electron chi connectivity index (χ3n) is 4.59. The predicted octanol–water partition coefficient (Wildman–Crippen LogP) is 4.41. The summed E-state index contributed by atoms with van der Waals surface area (Å²) in [5, 5.41) is 1.11. The summed E-state index contributed by atoms with van der Waals surface area (Å²) in [6, 6.07) is 0.745. The minimum Gasteiger partial charge on any atom is -0.300 e.